The van der Waals surface area contributed by atoms with E-state index in [0.29, 0.717) is 18.9 Å². The van der Waals surface area contributed by atoms with Gasteiger partial charge in [-0.3, -0.25) is 4.79 Å². The van der Waals surface area contributed by atoms with Gasteiger partial charge in [0.1, 0.15) is 6.07 Å². The molecule has 0 aliphatic heterocycles. The number of hydrogen-bond donors (Lipinski definition) is 0. The summed E-state index contributed by atoms with van der Waals surface area (Å²) in [7, 11) is 0. The van der Waals surface area contributed by atoms with E-state index >= 15 is 0 Å². The van der Waals surface area contributed by atoms with E-state index in [-0.39, 0.29) is 18.1 Å². The molecule has 1 unspecified atom stereocenters. The molecule has 0 aromatic carbocycles. The van der Waals surface area contributed by atoms with Crippen LogP contribution in [0.4, 0.5) is 0 Å². The molecule has 0 amide bonds. The Labute approximate surface area is 84.4 Å². The van der Waals surface area contributed by atoms with Gasteiger partial charge >= 0.3 is 5.97 Å². The maximum absolute atomic E-state index is 10.5. The lowest BCUT2D eigenvalue weighted by Gasteiger charge is -2.19. The van der Waals surface area contributed by atoms with E-state index in [0.717, 1.165) is 0 Å². The Bertz CT molecular complexity index is 148. The first-order valence-electron chi connectivity index (χ1n) is 4.38. The Morgan fingerprint density at radius 3 is 2.46 bits per heavy atom. The van der Waals surface area contributed by atoms with E-state index in [2.05, 4.69) is 0 Å². The van der Waals surface area contributed by atoms with Crippen LogP contribution < -0.4 is 0 Å². The van der Waals surface area contributed by atoms with E-state index in [1.165, 1.54) is 6.92 Å². The highest BCUT2D eigenvalue weighted by molar-refractivity contribution is 6.17. The van der Waals surface area contributed by atoms with Crippen molar-refractivity contribution in [2.45, 2.75) is 33.3 Å². The maximum Gasteiger partial charge on any atom is 0.302 e. The van der Waals surface area contributed by atoms with Crippen molar-refractivity contribution >= 4 is 17.6 Å². The smallest absolute Gasteiger partial charge is 0.302 e. The molecule has 0 saturated heterocycles. The Kier molecular flexibility index (Phi) is 7.00. The van der Waals surface area contributed by atoms with Crippen molar-refractivity contribution in [2.75, 3.05) is 12.7 Å². The number of alkyl halides is 1. The highest BCUT2D eigenvalue weighted by Crippen LogP contribution is 2.11. The van der Waals surface area contributed by atoms with Crippen LogP contribution in [0.15, 0.2) is 0 Å². The van der Waals surface area contributed by atoms with Crippen LogP contribution in [-0.2, 0) is 14.3 Å². The van der Waals surface area contributed by atoms with Gasteiger partial charge in [-0.2, -0.15) is 0 Å². The minimum absolute atomic E-state index is 0.0665. The molecule has 0 aliphatic carbocycles. The summed E-state index contributed by atoms with van der Waals surface area (Å²) in [6.45, 7) is 5.89. The van der Waals surface area contributed by atoms with Crippen molar-refractivity contribution in [3.05, 3.63) is 0 Å². The first-order chi connectivity index (χ1) is 6.07. The van der Waals surface area contributed by atoms with Gasteiger partial charge in [-0.1, -0.05) is 25.4 Å². The van der Waals surface area contributed by atoms with Crippen LogP contribution in [0.3, 0.4) is 0 Å². The van der Waals surface area contributed by atoms with Gasteiger partial charge < -0.3 is 9.47 Å². The second-order valence-corrected chi connectivity index (χ2v) is 3.41. The van der Waals surface area contributed by atoms with Crippen LogP contribution in [0.1, 0.15) is 27.2 Å². The van der Waals surface area contributed by atoms with Crippen molar-refractivity contribution in [3.8, 4) is 0 Å². The molecule has 0 aromatic rings. The van der Waals surface area contributed by atoms with E-state index < -0.39 is 0 Å². The molecule has 0 spiro atoms. The average molecular weight is 209 g/mol. The maximum atomic E-state index is 10.5. The number of halogens is 1. The third-order valence-electron chi connectivity index (χ3n) is 1.73. The molecular formula is C9H17ClO3. The predicted octanol–water partition coefficient (Wildman–Crippen LogP) is 2.18. The fraction of sp³-hybridized carbons (Fsp3) is 0.889. The zero-order valence-corrected chi connectivity index (χ0v) is 9.13. The molecule has 0 N–H and O–H groups in total. The van der Waals surface area contributed by atoms with Crippen molar-refractivity contribution in [2.24, 2.45) is 5.92 Å². The molecule has 0 aromatic heterocycles. The van der Waals surface area contributed by atoms with Crippen LogP contribution in [0.25, 0.3) is 0 Å². The van der Waals surface area contributed by atoms with Gasteiger partial charge in [-0.05, 0) is 5.92 Å². The molecule has 0 heterocycles. The summed E-state index contributed by atoms with van der Waals surface area (Å²) in [6.07, 6.45) is 0.765. The molecule has 0 fully saturated rings. The van der Waals surface area contributed by atoms with Gasteiger partial charge in [-0.15, -0.1) is 0 Å². The van der Waals surface area contributed by atoms with Gasteiger partial charge in [0.2, 0.25) is 0 Å². The van der Waals surface area contributed by atoms with Gasteiger partial charge in [0, 0.05) is 13.3 Å². The fourth-order valence-corrected chi connectivity index (χ4v) is 1.17. The van der Waals surface area contributed by atoms with E-state index in [9.17, 15) is 4.79 Å². The summed E-state index contributed by atoms with van der Waals surface area (Å²) >= 11 is 5.45. The van der Waals surface area contributed by atoms with Crippen molar-refractivity contribution in [3.63, 3.8) is 0 Å². The lowest BCUT2D eigenvalue weighted by molar-refractivity contribution is -0.142. The Morgan fingerprint density at radius 2 is 2.08 bits per heavy atom. The predicted molar refractivity (Wildman–Crippen MR) is 51.7 cm³/mol. The van der Waals surface area contributed by atoms with Crippen LogP contribution in [0, 0.1) is 5.92 Å². The lowest BCUT2D eigenvalue weighted by Crippen LogP contribution is -2.21. The third kappa shape index (κ3) is 6.84. The summed E-state index contributed by atoms with van der Waals surface area (Å²) in [5, 5.41) is 0. The Morgan fingerprint density at radius 1 is 1.46 bits per heavy atom. The third-order valence-corrected chi connectivity index (χ3v) is 1.85. The number of hydrogen-bond acceptors (Lipinski definition) is 3. The summed E-state index contributed by atoms with van der Waals surface area (Å²) < 4.78 is 10.1. The van der Waals surface area contributed by atoms with Gasteiger partial charge in [0.15, 0.2) is 0 Å². The van der Waals surface area contributed by atoms with Gasteiger partial charge in [0.05, 0.1) is 12.7 Å². The highest BCUT2D eigenvalue weighted by Gasteiger charge is 2.13. The second kappa shape index (κ2) is 7.15. The Balaban J connectivity index is 3.62. The van der Waals surface area contributed by atoms with Crippen molar-refractivity contribution < 1.29 is 14.3 Å². The highest BCUT2D eigenvalue weighted by atomic mass is 35.5. The summed E-state index contributed by atoms with van der Waals surface area (Å²) in [5.74, 6) is 0.127. The zero-order valence-electron chi connectivity index (χ0n) is 8.38. The number of rotatable bonds is 6. The summed E-state index contributed by atoms with van der Waals surface area (Å²) in [5.41, 5.74) is 0. The molecule has 0 radical (unpaired) electrons. The number of ether oxygens (including phenoxy) is 2. The normalized spacial score (nSPS) is 13.0. The number of carbonyl (C=O) groups is 1. The molecule has 0 rings (SSSR count). The van der Waals surface area contributed by atoms with Crippen molar-refractivity contribution in [1.29, 1.82) is 0 Å². The summed E-state index contributed by atoms with van der Waals surface area (Å²) in [6, 6.07) is 0.183. The van der Waals surface area contributed by atoms with E-state index in [4.69, 9.17) is 21.1 Å². The fourth-order valence-electron chi connectivity index (χ4n) is 1.01. The van der Waals surface area contributed by atoms with Crippen LogP contribution >= 0.6 is 11.6 Å². The minimum Gasteiger partial charge on any atom is -0.466 e. The van der Waals surface area contributed by atoms with E-state index in [1.54, 1.807) is 0 Å². The lowest BCUT2D eigenvalue weighted by atomic mass is 10.1. The molecule has 0 aliphatic rings. The Hall–Kier alpha value is -0.280. The average Bonchev–Trinajstić information content (AvgIpc) is 2.02. The number of carbonyl (C=O) groups excluding carboxylic acids is 1. The molecule has 1 atom stereocenters. The minimum atomic E-state index is -0.256. The molecule has 0 bridgehead atoms. The largest absolute Gasteiger partial charge is 0.466 e. The van der Waals surface area contributed by atoms with Crippen molar-refractivity contribution in [1.82, 2.24) is 0 Å². The first kappa shape index (κ1) is 12.7. The quantitative estimate of drug-likeness (QED) is 0.496. The molecule has 3 nitrogen and oxygen atoms in total. The van der Waals surface area contributed by atoms with Crippen LogP contribution in [0.5, 0.6) is 0 Å². The molecule has 78 valence electrons. The molecule has 4 heteroatoms. The molecule has 13 heavy (non-hydrogen) atoms. The van der Waals surface area contributed by atoms with Gasteiger partial charge in [-0.25, -0.2) is 0 Å². The summed E-state index contributed by atoms with van der Waals surface area (Å²) in [4.78, 5) is 10.5. The van der Waals surface area contributed by atoms with E-state index in [1.807, 2.05) is 13.8 Å². The van der Waals surface area contributed by atoms with Crippen LogP contribution in [0.2, 0.25) is 0 Å². The first-order valence-corrected chi connectivity index (χ1v) is 4.92. The SMILES string of the molecule is CC(=O)OCCC(OCCl)C(C)C. The molecular weight excluding hydrogens is 192 g/mol. The standard InChI is InChI=1S/C9H17ClO3/c1-7(2)9(13-6-10)4-5-12-8(3)11/h7,9H,4-6H2,1-3H3. The second-order valence-electron chi connectivity index (χ2n) is 3.19. The van der Waals surface area contributed by atoms with Gasteiger partial charge in [0.25, 0.3) is 0 Å². The van der Waals surface area contributed by atoms with Crippen LogP contribution in [-0.4, -0.2) is 24.7 Å². The monoisotopic (exact) mass is 208 g/mol. The zero-order chi connectivity index (χ0) is 10.3. The topological polar surface area (TPSA) is 35.5 Å². The number of esters is 1. The molecule has 0 saturated carbocycles.